The van der Waals surface area contributed by atoms with E-state index in [2.05, 4.69) is 66.9 Å². The van der Waals surface area contributed by atoms with Gasteiger partial charge in [0.05, 0.1) is 11.8 Å². The van der Waals surface area contributed by atoms with Crippen LogP contribution in [-0.2, 0) is 14.3 Å². The maximum atomic E-state index is 13.1. The van der Waals surface area contributed by atoms with Gasteiger partial charge in [0.2, 0.25) is 0 Å². The number of allylic oxidation sites excluding steroid dienone is 1. The minimum absolute atomic E-state index is 0.0830. The highest BCUT2D eigenvalue weighted by Gasteiger charge is 2.71. The third-order valence-corrected chi connectivity index (χ3v) is 16.6. The van der Waals surface area contributed by atoms with Crippen LogP contribution < -0.4 is 0 Å². The highest BCUT2D eigenvalue weighted by molar-refractivity contribution is 5.81. The third-order valence-electron chi connectivity index (χ3n) is 16.6. The van der Waals surface area contributed by atoms with Crippen LogP contribution in [0.25, 0.3) is 0 Å². The zero-order valence-corrected chi connectivity index (χ0v) is 32.8. The van der Waals surface area contributed by atoms with Crippen LogP contribution in [0.1, 0.15) is 159 Å². The average Bonchev–Trinajstić information content (AvgIpc) is 3.38. The molecule has 5 rings (SSSR count). The van der Waals surface area contributed by atoms with Gasteiger partial charge in [-0.3, -0.25) is 9.59 Å². The minimum atomic E-state index is -1.12. The fourth-order valence-electron chi connectivity index (χ4n) is 13.9. The van der Waals surface area contributed by atoms with Crippen molar-refractivity contribution in [1.29, 1.82) is 0 Å². The van der Waals surface area contributed by atoms with E-state index >= 15 is 0 Å². The molecule has 5 aliphatic rings. The Hall–Kier alpha value is -1.36. The molecule has 0 aromatic carbocycles. The highest BCUT2D eigenvalue weighted by atomic mass is 16.5. The van der Waals surface area contributed by atoms with E-state index in [-0.39, 0.29) is 29.3 Å². The number of ether oxygens (including phenoxy) is 1. The molecular formula is C43H73NO4. The highest BCUT2D eigenvalue weighted by Crippen LogP contribution is 2.78. The first-order chi connectivity index (χ1) is 22.3. The molecule has 0 bridgehead atoms. The summed E-state index contributed by atoms with van der Waals surface area (Å²) in [6, 6.07) is 0. The van der Waals surface area contributed by atoms with Crippen LogP contribution in [0.4, 0.5) is 0 Å². The van der Waals surface area contributed by atoms with Crippen molar-refractivity contribution < 1.29 is 19.4 Å². The molecule has 0 heterocycles. The van der Waals surface area contributed by atoms with Gasteiger partial charge in [-0.25, -0.2) is 0 Å². The Balaban J connectivity index is 1.39. The molecule has 0 unspecified atom stereocenters. The molecule has 5 nitrogen and oxygen atoms in total. The largest absolute Gasteiger partial charge is 0.481 e. The summed E-state index contributed by atoms with van der Waals surface area (Å²) in [4.78, 5) is 27.6. The molecule has 0 aromatic rings. The Morgan fingerprint density at radius 3 is 2.10 bits per heavy atom. The number of carbonyl (C=O) groups is 2. The summed E-state index contributed by atoms with van der Waals surface area (Å²) in [6.45, 7) is 31.4. The van der Waals surface area contributed by atoms with E-state index in [9.17, 15) is 14.7 Å². The summed E-state index contributed by atoms with van der Waals surface area (Å²) in [7, 11) is 0. The number of hydrogen-bond donors (Lipinski definition) is 1. The van der Waals surface area contributed by atoms with Crippen LogP contribution in [0.15, 0.2) is 12.2 Å². The first kappa shape index (κ1) is 37.9. The van der Waals surface area contributed by atoms with Crippen LogP contribution >= 0.6 is 0 Å². The molecule has 5 saturated carbocycles. The molecule has 0 aromatic heterocycles. The van der Waals surface area contributed by atoms with Crippen molar-refractivity contribution in [3.8, 4) is 0 Å². The maximum absolute atomic E-state index is 13.1. The molecule has 5 aliphatic carbocycles. The first-order valence-corrected chi connectivity index (χ1v) is 20.1. The van der Waals surface area contributed by atoms with Gasteiger partial charge in [0.25, 0.3) is 0 Å². The number of aliphatic carboxylic acids is 1. The molecule has 5 fully saturated rings. The van der Waals surface area contributed by atoms with E-state index in [1.807, 2.05) is 0 Å². The lowest BCUT2D eigenvalue weighted by Crippen LogP contribution is -2.66. The van der Waals surface area contributed by atoms with Crippen molar-refractivity contribution in [1.82, 2.24) is 4.90 Å². The number of rotatable bonds is 12. The van der Waals surface area contributed by atoms with Gasteiger partial charge in [-0.15, -0.1) is 0 Å². The van der Waals surface area contributed by atoms with Crippen molar-refractivity contribution in [2.75, 3.05) is 19.6 Å². The lowest BCUT2D eigenvalue weighted by Gasteiger charge is -2.73. The molecule has 0 amide bonds. The molecule has 1 N–H and O–H groups in total. The van der Waals surface area contributed by atoms with Gasteiger partial charge in [-0.2, -0.15) is 0 Å². The molecule has 274 valence electrons. The molecule has 10 atom stereocenters. The molecule has 0 saturated heterocycles. The van der Waals surface area contributed by atoms with Gasteiger partial charge < -0.3 is 14.7 Å². The number of carboxylic acid groups (broad SMARTS) is 1. The second kappa shape index (κ2) is 13.3. The van der Waals surface area contributed by atoms with Gasteiger partial charge >= 0.3 is 11.9 Å². The minimum Gasteiger partial charge on any atom is -0.481 e. The van der Waals surface area contributed by atoms with Gasteiger partial charge in [0.1, 0.15) is 6.10 Å². The fourth-order valence-corrected chi connectivity index (χ4v) is 13.9. The second-order valence-corrected chi connectivity index (χ2v) is 19.8. The normalized spacial score (nSPS) is 41.9. The lowest BCUT2D eigenvalue weighted by molar-refractivity contribution is -0.250. The maximum Gasteiger partial charge on any atom is 0.309 e. The topological polar surface area (TPSA) is 66.8 Å². The predicted molar refractivity (Wildman–Crippen MR) is 197 cm³/mol. The van der Waals surface area contributed by atoms with E-state index < -0.39 is 11.4 Å². The quantitative estimate of drug-likeness (QED) is 0.166. The number of esters is 1. The number of carbonyl (C=O) groups excluding carboxylic acids is 1. The summed E-state index contributed by atoms with van der Waals surface area (Å²) in [5.74, 6) is 2.06. The third kappa shape index (κ3) is 6.04. The molecule has 48 heavy (non-hydrogen) atoms. The number of fused-ring (bicyclic) bond motifs is 7. The van der Waals surface area contributed by atoms with Crippen LogP contribution in [0.2, 0.25) is 0 Å². The van der Waals surface area contributed by atoms with E-state index in [0.29, 0.717) is 34.0 Å². The summed E-state index contributed by atoms with van der Waals surface area (Å²) in [5.41, 5.74) is 1.50. The number of hydrogen-bond acceptors (Lipinski definition) is 4. The lowest BCUT2D eigenvalue weighted by atomic mass is 9.32. The van der Waals surface area contributed by atoms with Crippen LogP contribution in [0.3, 0.4) is 0 Å². The van der Waals surface area contributed by atoms with Crippen LogP contribution in [0.5, 0.6) is 0 Å². The van der Waals surface area contributed by atoms with Gasteiger partial charge in [-0.1, -0.05) is 60.6 Å². The number of nitrogens with zero attached hydrogens (tertiary/aromatic N) is 1. The Kier molecular flexibility index (Phi) is 10.5. The summed E-state index contributed by atoms with van der Waals surface area (Å²) >= 11 is 0. The molecule has 0 aliphatic heterocycles. The SMILES string of the molecule is C=C(C)[C@@H]1CC[C@]2(CCN(CCC)CCC)CC[C@]3(C)[C@H](CC[C@@H]4[C@@]5(C)CC[C@H](OC(=O)CC(C)(C)C(=O)O)C(C)(C)[C@@H]5CC[C@]43C)[C@@H]12. The van der Waals surface area contributed by atoms with Crippen molar-refractivity contribution in [2.24, 2.45) is 62.1 Å². The van der Waals surface area contributed by atoms with Crippen molar-refractivity contribution in [3.05, 3.63) is 12.2 Å². The second-order valence-electron chi connectivity index (χ2n) is 19.8. The first-order valence-electron chi connectivity index (χ1n) is 20.1. The Labute approximate surface area is 294 Å². The molecule has 5 heteroatoms. The van der Waals surface area contributed by atoms with Crippen LogP contribution in [-0.4, -0.2) is 47.7 Å². The van der Waals surface area contributed by atoms with E-state index in [0.717, 1.165) is 24.7 Å². The van der Waals surface area contributed by atoms with Gasteiger partial charge in [-0.05, 0) is 175 Å². The zero-order valence-electron chi connectivity index (χ0n) is 32.8. The fraction of sp³-hybridized carbons (Fsp3) is 0.907. The number of carboxylic acids is 1. The van der Waals surface area contributed by atoms with Gasteiger partial charge in [0, 0.05) is 5.41 Å². The van der Waals surface area contributed by atoms with Crippen molar-refractivity contribution in [3.63, 3.8) is 0 Å². The average molecular weight is 668 g/mol. The summed E-state index contributed by atoms with van der Waals surface area (Å²) < 4.78 is 6.20. The van der Waals surface area contributed by atoms with Crippen LogP contribution in [0, 0.1) is 62.1 Å². The van der Waals surface area contributed by atoms with Crippen molar-refractivity contribution >= 4 is 11.9 Å². The smallest absolute Gasteiger partial charge is 0.309 e. The monoisotopic (exact) mass is 668 g/mol. The Morgan fingerprint density at radius 2 is 1.50 bits per heavy atom. The summed E-state index contributed by atoms with van der Waals surface area (Å²) in [5, 5.41) is 9.60. The predicted octanol–water partition coefficient (Wildman–Crippen LogP) is 10.6. The zero-order chi connectivity index (χ0) is 35.5. The summed E-state index contributed by atoms with van der Waals surface area (Å²) in [6.07, 6.45) is 16.2. The molecular weight excluding hydrogens is 594 g/mol. The van der Waals surface area contributed by atoms with Crippen molar-refractivity contribution in [2.45, 2.75) is 165 Å². The Bertz CT molecular complexity index is 1220. The molecule has 0 spiro atoms. The van der Waals surface area contributed by atoms with E-state index in [1.165, 1.54) is 95.8 Å². The van der Waals surface area contributed by atoms with E-state index in [1.54, 1.807) is 13.8 Å². The Morgan fingerprint density at radius 1 is 0.833 bits per heavy atom. The van der Waals surface area contributed by atoms with E-state index in [4.69, 9.17) is 4.74 Å². The molecule has 0 radical (unpaired) electrons. The standard InChI is InChI=1S/C43H73NO4/c1-12-25-44(26-13-2)27-24-43-21-16-30(29(3)4)36(43)31-14-15-33-40(9)19-18-34(48-35(45)28-38(5,6)37(46)47)39(7,8)32(40)17-20-42(33,11)41(31,10)22-23-43/h30-34,36H,3,12-28H2,1-2,4-11H3,(H,46,47)/t30-,31+,32-,33+,34-,36+,40-,41+,42+,43+/m0/s1. The van der Waals surface area contributed by atoms with Gasteiger partial charge in [0.15, 0.2) is 0 Å².